The van der Waals surface area contributed by atoms with Crippen LogP contribution < -0.4 is 5.73 Å². The molecule has 4 nitrogen and oxygen atoms in total. The van der Waals surface area contributed by atoms with Crippen molar-refractivity contribution in [2.24, 2.45) is 0 Å². The van der Waals surface area contributed by atoms with E-state index in [2.05, 4.69) is 0 Å². The topological polar surface area (TPSA) is 76.5 Å². The van der Waals surface area contributed by atoms with Crippen LogP contribution in [-0.2, 0) is 0 Å². The van der Waals surface area contributed by atoms with Crippen LogP contribution in [0, 0.1) is 0 Å². The first-order chi connectivity index (χ1) is 6.20. The van der Waals surface area contributed by atoms with Gasteiger partial charge in [-0.1, -0.05) is 0 Å². The second kappa shape index (κ2) is 2.52. The Morgan fingerprint density at radius 3 is 2.85 bits per heavy atom. The number of carboxylic acid groups (broad SMARTS) is 1. The summed E-state index contributed by atoms with van der Waals surface area (Å²) in [4.78, 5) is 10.8. The van der Waals surface area contributed by atoms with Gasteiger partial charge in [-0.25, -0.2) is 4.79 Å². The van der Waals surface area contributed by atoms with E-state index in [1.807, 2.05) is 0 Å². The Kier molecular flexibility index (Phi) is 1.48. The minimum absolute atomic E-state index is 0.0301. The van der Waals surface area contributed by atoms with Crippen molar-refractivity contribution in [3.05, 3.63) is 30.0 Å². The normalized spacial score (nSPS) is 10.5. The summed E-state index contributed by atoms with van der Waals surface area (Å²) in [6, 6.07) is 4.98. The number of furan rings is 1. The summed E-state index contributed by atoms with van der Waals surface area (Å²) in [5.41, 5.74) is 6.08. The molecule has 0 radical (unpaired) electrons. The Morgan fingerprint density at radius 1 is 1.38 bits per heavy atom. The predicted molar refractivity (Wildman–Crippen MR) is 47.6 cm³/mol. The number of benzene rings is 1. The van der Waals surface area contributed by atoms with E-state index in [0.29, 0.717) is 5.58 Å². The van der Waals surface area contributed by atoms with Gasteiger partial charge >= 0.3 is 5.97 Å². The molecule has 0 atom stereocenters. The Labute approximate surface area is 73.6 Å². The number of fused-ring (bicyclic) bond motifs is 1. The number of carboxylic acids is 1. The summed E-state index contributed by atoms with van der Waals surface area (Å²) in [6.07, 6.45) is 1.44. The van der Waals surface area contributed by atoms with Crippen molar-refractivity contribution >= 4 is 22.6 Å². The molecule has 13 heavy (non-hydrogen) atoms. The maximum absolute atomic E-state index is 10.8. The highest BCUT2D eigenvalue weighted by atomic mass is 16.4. The molecule has 0 bridgehead atoms. The summed E-state index contributed by atoms with van der Waals surface area (Å²) >= 11 is 0. The first-order valence-electron chi connectivity index (χ1n) is 3.69. The Morgan fingerprint density at radius 2 is 2.15 bits per heavy atom. The second-order valence-electron chi connectivity index (χ2n) is 2.67. The third-order valence-electron chi connectivity index (χ3n) is 1.87. The van der Waals surface area contributed by atoms with Gasteiger partial charge in [0.1, 0.15) is 11.1 Å². The molecule has 4 heteroatoms. The highest BCUT2D eigenvalue weighted by Crippen LogP contribution is 2.24. The van der Waals surface area contributed by atoms with Gasteiger partial charge in [0, 0.05) is 11.1 Å². The van der Waals surface area contributed by atoms with E-state index in [-0.39, 0.29) is 11.3 Å². The van der Waals surface area contributed by atoms with Gasteiger partial charge in [-0.15, -0.1) is 0 Å². The number of carbonyl (C=O) groups is 1. The molecule has 0 aliphatic heterocycles. The molecular weight excluding hydrogens is 170 g/mol. The molecule has 0 saturated heterocycles. The van der Waals surface area contributed by atoms with E-state index in [0.717, 1.165) is 5.39 Å². The van der Waals surface area contributed by atoms with Crippen LogP contribution in [0.4, 0.5) is 5.69 Å². The fraction of sp³-hybridized carbons (Fsp3) is 0. The van der Waals surface area contributed by atoms with Crippen LogP contribution in [0.3, 0.4) is 0 Å². The molecule has 0 saturated carbocycles. The predicted octanol–water partition coefficient (Wildman–Crippen LogP) is 1.71. The first-order valence-corrected chi connectivity index (χ1v) is 3.69. The lowest BCUT2D eigenvalue weighted by Crippen LogP contribution is -2.02. The molecule has 2 aromatic rings. The van der Waals surface area contributed by atoms with Crippen LogP contribution in [0.1, 0.15) is 10.4 Å². The monoisotopic (exact) mass is 177 g/mol. The molecule has 1 aromatic heterocycles. The molecule has 0 aliphatic rings. The fourth-order valence-electron chi connectivity index (χ4n) is 1.27. The maximum Gasteiger partial charge on any atom is 0.341 e. The Hall–Kier alpha value is -1.97. The number of anilines is 1. The minimum atomic E-state index is -1.07. The number of hydrogen-bond acceptors (Lipinski definition) is 3. The highest BCUT2D eigenvalue weighted by molar-refractivity contribution is 6.05. The quantitative estimate of drug-likeness (QED) is 0.650. The van der Waals surface area contributed by atoms with Crippen LogP contribution in [0.25, 0.3) is 11.0 Å². The molecular formula is C9H7NO3. The molecule has 0 spiro atoms. The van der Waals surface area contributed by atoms with Crippen LogP contribution in [0.2, 0.25) is 0 Å². The van der Waals surface area contributed by atoms with Crippen LogP contribution in [0.5, 0.6) is 0 Å². The van der Waals surface area contributed by atoms with Crippen LogP contribution >= 0.6 is 0 Å². The smallest absolute Gasteiger partial charge is 0.341 e. The van der Waals surface area contributed by atoms with Gasteiger partial charge in [0.15, 0.2) is 0 Å². The largest absolute Gasteiger partial charge is 0.477 e. The lowest BCUT2D eigenvalue weighted by molar-refractivity contribution is 0.0699. The highest BCUT2D eigenvalue weighted by Gasteiger charge is 2.14. The molecule has 0 aliphatic carbocycles. The number of nitrogen functional groups attached to an aromatic ring is 1. The molecule has 66 valence electrons. The SMILES string of the molecule is Nc1ccc2ccoc2c1C(=O)O. The third kappa shape index (κ3) is 1.03. The molecule has 0 fully saturated rings. The van der Waals surface area contributed by atoms with E-state index in [1.165, 1.54) is 6.26 Å². The van der Waals surface area contributed by atoms with Crippen molar-refractivity contribution in [1.82, 2.24) is 0 Å². The number of nitrogens with two attached hydrogens (primary N) is 1. The summed E-state index contributed by atoms with van der Waals surface area (Å²) in [5.74, 6) is -1.07. The summed E-state index contributed by atoms with van der Waals surface area (Å²) in [6.45, 7) is 0. The van der Waals surface area contributed by atoms with Crippen molar-refractivity contribution < 1.29 is 14.3 Å². The van der Waals surface area contributed by atoms with Crippen molar-refractivity contribution in [3.8, 4) is 0 Å². The average molecular weight is 177 g/mol. The van der Waals surface area contributed by atoms with Gasteiger partial charge in [0.05, 0.1) is 6.26 Å². The summed E-state index contributed by atoms with van der Waals surface area (Å²) < 4.78 is 5.03. The van der Waals surface area contributed by atoms with Crippen molar-refractivity contribution in [2.45, 2.75) is 0 Å². The van der Waals surface area contributed by atoms with Gasteiger partial charge < -0.3 is 15.3 Å². The molecule has 0 unspecified atom stereocenters. The summed E-state index contributed by atoms with van der Waals surface area (Å²) in [5, 5.41) is 9.58. The van der Waals surface area contributed by atoms with Gasteiger partial charge in [0.2, 0.25) is 0 Å². The Balaban J connectivity index is 2.88. The van der Waals surface area contributed by atoms with E-state index < -0.39 is 5.97 Å². The molecule has 3 N–H and O–H groups in total. The summed E-state index contributed by atoms with van der Waals surface area (Å²) in [7, 11) is 0. The molecule has 0 amide bonds. The lowest BCUT2D eigenvalue weighted by atomic mass is 10.1. The number of aromatic carboxylic acids is 1. The van der Waals surface area contributed by atoms with Gasteiger partial charge in [-0.05, 0) is 18.2 Å². The zero-order valence-corrected chi connectivity index (χ0v) is 6.65. The Bertz CT molecular complexity index is 473. The van der Waals surface area contributed by atoms with Crippen LogP contribution in [-0.4, -0.2) is 11.1 Å². The molecule has 1 heterocycles. The first kappa shape index (κ1) is 7.67. The van der Waals surface area contributed by atoms with Crippen molar-refractivity contribution in [1.29, 1.82) is 0 Å². The van der Waals surface area contributed by atoms with Crippen LogP contribution in [0.15, 0.2) is 28.9 Å². The zero-order valence-electron chi connectivity index (χ0n) is 6.65. The van der Waals surface area contributed by atoms with E-state index in [1.54, 1.807) is 18.2 Å². The van der Waals surface area contributed by atoms with E-state index >= 15 is 0 Å². The van der Waals surface area contributed by atoms with Crippen molar-refractivity contribution in [3.63, 3.8) is 0 Å². The zero-order chi connectivity index (χ0) is 9.42. The standard InChI is InChI=1S/C9H7NO3/c10-6-2-1-5-3-4-13-8(5)7(6)9(11)12/h1-4H,10H2,(H,11,12). The number of hydrogen-bond donors (Lipinski definition) is 2. The van der Waals surface area contributed by atoms with E-state index in [9.17, 15) is 4.79 Å². The third-order valence-corrected chi connectivity index (χ3v) is 1.87. The van der Waals surface area contributed by atoms with Crippen molar-refractivity contribution in [2.75, 3.05) is 5.73 Å². The number of rotatable bonds is 1. The maximum atomic E-state index is 10.8. The molecule has 2 rings (SSSR count). The average Bonchev–Trinajstić information content (AvgIpc) is 2.50. The van der Waals surface area contributed by atoms with Gasteiger partial charge in [-0.3, -0.25) is 0 Å². The lowest BCUT2D eigenvalue weighted by Gasteiger charge is -1.99. The second-order valence-corrected chi connectivity index (χ2v) is 2.67. The van der Waals surface area contributed by atoms with E-state index in [4.69, 9.17) is 15.3 Å². The van der Waals surface area contributed by atoms with Gasteiger partial charge in [0.25, 0.3) is 0 Å². The fourth-order valence-corrected chi connectivity index (χ4v) is 1.27. The minimum Gasteiger partial charge on any atom is -0.477 e. The molecule has 1 aromatic carbocycles. The van der Waals surface area contributed by atoms with Gasteiger partial charge in [-0.2, -0.15) is 0 Å².